The fourth-order valence-electron chi connectivity index (χ4n) is 3.46. The number of amides is 1. The van der Waals surface area contributed by atoms with E-state index < -0.39 is 22.4 Å². The highest BCUT2D eigenvalue weighted by Crippen LogP contribution is 2.37. The molecule has 162 valence electrons. The monoisotopic (exact) mass is 426 g/mol. The summed E-state index contributed by atoms with van der Waals surface area (Å²) in [5.74, 6) is 0.235. The number of benzene rings is 1. The van der Waals surface area contributed by atoms with Crippen LogP contribution >= 0.6 is 0 Å². The number of halogens is 3. The predicted octanol–water partition coefficient (Wildman–Crippen LogP) is 4.00. The third-order valence-electron chi connectivity index (χ3n) is 5.03. The number of alkyl halides is 3. The van der Waals surface area contributed by atoms with Gasteiger partial charge in [0.1, 0.15) is 11.3 Å². The molecule has 0 unspecified atom stereocenters. The van der Waals surface area contributed by atoms with Gasteiger partial charge in [-0.05, 0) is 19.1 Å². The molecule has 0 atom stereocenters. The summed E-state index contributed by atoms with van der Waals surface area (Å²) in [7, 11) is 0. The van der Waals surface area contributed by atoms with Crippen LogP contribution in [0.25, 0.3) is 0 Å². The third kappa shape index (κ3) is 4.10. The maximum absolute atomic E-state index is 13.0. The van der Waals surface area contributed by atoms with Gasteiger partial charge in [0, 0.05) is 38.2 Å². The SMILES string of the molecule is Cc1noc(C(C)C)c1C(=O)N1CCN(c2ccc(C(F)(F)F)cc2[N+](=O)[O-])CC1. The first-order valence-corrected chi connectivity index (χ1v) is 9.36. The molecule has 0 aliphatic carbocycles. The zero-order valence-corrected chi connectivity index (χ0v) is 16.7. The molecule has 1 aromatic carbocycles. The van der Waals surface area contributed by atoms with Crippen LogP contribution in [0.4, 0.5) is 24.5 Å². The highest BCUT2D eigenvalue weighted by atomic mass is 19.4. The molecule has 11 heteroatoms. The molecule has 8 nitrogen and oxygen atoms in total. The van der Waals surface area contributed by atoms with Crippen LogP contribution in [0, 0.1) is 17.0 Å². The number of nitro groups is 1. The first kappa shape index (κ1) is 21.6. The van der Waals surface area contributed by atoms with E-state index in [0.29, 0.717) is 23.1 Å². The van der Waals surface area contributed by atoms with E-state index in [0.717, 1.165) is 12.1 Å². The maximum atomic E-state index is 13.0. The highest BCUT2D eigenvalue weighted by molar-refractivity contribution is 5.96. The predicted molar refractivity (Wildman–Crippen MR) is 102 cm³/mol. The molecule has 3 rings (SSSR count). The molecule has 0 N–H and O–H groups in total. The highest BCUT2D eigenvalue weighted by Gasteiger charge is 2.35. The fraction of sp³-hybridized carbons (Fsp3) is 0.474. The molecule has 2 aromatic rings. The molecular formula is C19H21F3N4O4. The van der Waals surface area contributed by atoms with Crippen LogP contribution in [-0.2, 0) is 6.18 Å². The Kier molecular flexibility index (Phi) is 5.73. The average molecular weight is 426 g/mol. The van der Waals surface area contributed by atoms with Gasteiger partial charge in [-0.3, -0.25) is 14.9 Å². The lowest BCUT2D eigenvalue weighted by Gasteiger charge is -2.36. The molecule has 0 bridgehead atoms. The Labute approximate surface area is 170 Å². The summed E-state index contributed by atoms with van der Waals surface area (Å²) in [6, 6.07) is 2.48. The molecule has 1 aliphatic rings. The van der Waals surface area contributed by atoms with Crippen LogP contribution in [-0.4, -0.2) is 47.1 Å². The van der Waals surface area contributed by atoms with Gasteiger partial charge in [0.25, 0.3) is 11.6 Å². The van der Waals surface area contributed by atoms with E-state index in [9.17, 15) is 28.1 Å². The van der Waals surface area contributed by atoms with Gasteiger partial charge >= 0.3 is 6.18 Å². The van der Waals surface area contributed by atoms with Crippen LogP contribution < -0.4 is 4.90 Å². The van der Waals surface area contributed by atoms with Crippen molar-refractivity contribution in [3.63, 3.8) is 0 Å². The smallest absolute Gasteiger partial charge is 0.362 e. The number of carbonyl (C=O) groups is 1. The van der Waals surface area contributed by atoms with E-state index in [4.69, 9.17) is 4.52 Å². The van der Waals surface area contributed by atoms with Crippen molar-refractivity contribution in [2.45, 2.75) is 32.9 Å². The topological polar surface area (TPSA) is 92.7 Å². The number of nitro benzene ring substituents is 1. The van der Waals surface area contributed by atoms with Crippen molar-refractivity contribution in [1.29, 1.82) is 0 Å². The summed E-state index contributed by atoms with van der Waals surface area (Å²) >= 11 is 0. The summed E-state index contributed by atoms with van der Waals surface area (Å²) in [4.78, 5) is 26.7. The van der Waals surface area contributed by atoms with Gasteiger partial charge in [0.2, 0.25) is 0 Å². The number of hydrogen-bond donors (Lipinski definition) is 0. The quantitative estimate of drug-likeness (QED) is 0.542. The molecule has 1 aliphatic heterocycles. The van der Waals surface area contributed by atoms with Gasteiger partial charge in [-0.1, -0.05) is 19.0 Å². The van der Waals surface area contributed by atoms with Crippen LogP contribution in [0.3, 0.4) is 0 Å². The second-order valence-electron chi connectivity index (χ2n) is 7.40. The molecule has 1 fully saturated rings. The van der Waals surface area contributed by atoms with Crippen molar-refractivity contribution in [3.05, 3.63) is 50.9 Å². The van der Waals surface area contributed by atoms with Crippen molar-refractivity contribution in [3.8, 4) is 0 Å². The minimum atomic E-state index is -4.67. The molecule has 2 heterocycles. The van der Waals surface area contributed by atoms with Crippen molar-refractivity contribution < 1.29 is 27.4 Å². The van der Waals surface area contributed by atoms with Gasteiger partial charge in [-0.2, -0.15) is 13.2 Å². The summed E-state index contributed by atoms with van der Waals surface area (Å²) < 4.78 is 44.0. The van der Waals surface area contributed by atoms with Gasteiger partial charge in [0.15, 0.2) is 5.76 Å². The van der Waals surface area contributed by atoms with Crippen molar-refractivity contribution in [2.75, 3.05) is 31.1 Å². The zero-order chi connectivity index (χ0) is 22.2. The average Bonchev–Trinajstić information content (AvgIpc) is 3.08. The van der Waals surface area contributed by atoms with Crippen LogP contribution in [0.2, 0.25) is 0 Å². The molecular weight excluding hydrogens is 405 g/mol. The second kappa shape index (κ2) is 7.96. The van der Waals surface area contributed by atoms with Gasteiger partial charge in [-0.25, -0.2) is 0 Å². The van der Waals surface area contributed by atoms with E-state index in [1.807, 2.05) is 13.8 Å². The number of piperazine rings is 1. The van der Waals surface area contributed by atoms with Gasteiger partial charge < -0.3 is 14.3 Å². The zero-order valence-electron chi connectivity index (χ0n) is 16.7. The Bertz CT molecular complexity index is 963. The van der Waals surface area contributed by atoms with E-state index in [1.165, 1.54) is 0 Å². The molecule has 0 radical (unpaired) electrons. The van der Waals surface area contributed by atoms with Gasteiger partial charge in [0.05, 0.1) is 16.2 Å². The molecule has 1 amide bonds. The minimum absolute atomic E-state index is 0.0266. The lowest BCUT2D eigenvalue weighted by Crippen LogP contribution is -2.49. The molecule has 1 aromatic heterocycles. The summed E-state index contributed by atoms with van der Waals surface area (Å²) in [5.41, 5.74) is -0.676. The lowest BCUT2D eigenvalue weighted by atomic mass is 10.0. The van der Waals surface area contributed by atoms with Crippen LogP contribution in [0.1, 0.15) is 47.1 Å². The van der Waals surface area contributed by atoms with E-state index in [-0.39, 0.29) is 43.7 Å². The van der Waals surface area contributed by atoms with Crippen LogP contribution in [0.5, 0.6) is 0 Å². The largest absolute Gasteiger partial charge is 0.416 e. The number of aromatic nitrogens is 1. The number of hydrogen-bond acceptors (Lipinski definition) is 6. The van der Waals surface area contributed by atoms with E-state index in [2.05, 4.69) is 5.16 Å². The molecule has 30 heavy (non-hydrogen) atoms. The Hall–Kier alpha value is -3.11. The Balaban J connectivity index is 1.79. The number of aryl methyl sites for hydroxylation is 1. The summed E-state index contributed by atoms with van der Waals surface area (Å²) in [6.45, 7) is 6.48. The second-order valence-corrected chi connectivity index (χ2v) is 7.40. The van der Waals surface area contributed by atoms with E-state index >= 15 is 0 Å². The summed E-state index contributed by atoms with van der Waals surface area (Å²) in [6.07, 6.45) is -4.67. The molecule has 0 saturated carbocycles. The Morgan fingerprint density at radius 2 is 1.87 bits per heavy atom. The number of rotatable bonds is 4. The third-order valence-corrected chi connectivity index (χ3v) is 5.03. The fourth-order valence-corrected chi connectivity index (χ4v) is 3.46. The van der Waals surface area contributed by atoms with Crippen molar-refractivity contribution >= 4 is 17.3 Å². The van der Waals surface area contributed by atoms with Crippen LogP contribution in [0.15, 0.2) is 22.7 Å². The Morgan fingerprint density at radius 3 is 2.40 bits per heavy atom. The van der Waals surface area contributed by atoms with Crippen molar-refractivity contribution in [1.82, 2.24) is 10.1 Å². The first-order valence-electron chi connectivity index (χ1n) is 9.36. The lowest BCUT2D eigenvalue weighted by molar-refractivity contribution is -0.384. The number of anilines is 1. The molecule has 1 saturated heterocycles. The minimum Gasteiger partial charge on any atom is -0.362 e. The Morgan fingerprint density at radius 1 is 1.23 bits per heavy atom. The standard InChI is InChI=1S/C19H21F3N4O4/c1-11(2)17-16(12(3)23-30-17)18(27)25-8-6-24(7-9-25)14-5-4-13(19(20,21)22)10-15(14)26(28)29/h4-5,10-11H,6-9H2,1-3H3. The normalized spacial score (nSPS) is 15.0. The van der Waals surface area contributed by atoms with E-state index in [1.54, 1.807) is 16.7 Å². The van der Waals surface area contributed by atoms with Crippen molar-refractivity contribution in [2.24, 2.45) is 0 Å². The molecule has 0 spiro atoms. The number of carbonyl (C=O) groups excluding carboxylic acids is 1. The summed E-state index contributed by atoms with van der Waals surface area (Å²) in [5, 5.41) is 15.2. The van der Waals surface area contributed by atoms with Gasteiger partial charge in [-0.15, -0.1) is 0 Å². The number of nitrogens with zero attached hydrogens (tertiary/aromatic N) is 4. The maximum Gasteiger partial charge on any atom is 0.416 e. The first-order chi connectivity index (χ1) is 14.0.